The van der Waals surface area contributed by atoms with Gasteiger partial charge in [-0.25, -0.2) is 4.79 Å². The summed E-state index contributed by atoms with van der Waals surface area (Å²) in [4.78, 5) is 35.8. The van der Waals surface area contributed by atoms with E-state index in [-0.39, 0.29) is 0 Å². The van der Waals surface area contributed by atoms with E-state index in [1.165, 1.54) is 0 Å². The van der Waals surface area contributed by atoms with Gasteiger partial charge in [-0.05, 0) is 18.2 Å². The molecule has 0 heterocycles. The van der Waals surface area contributed by atoms with E-state index in [1.54, 1.807) is 18.2 Å². The van der Waals surface area contributed by atoms with E-state index < -0.39 is 31.1 Å². The highest BCUT2D eigenvalue weighted by atomic mass is 16.4. The molecule has 0 atom stereocenters. The lowest BCUT2D eigenvalue weighted by molar-refractivity contribution is -0.140. The van der Waals surface area contributed by atoms with Crippen LogP contribution in [0.15, 0.2) is 24.3 Å². The maximum absolute atomic E-state index is 11.9. The Kier molecular flexibility index (Phi) is 5.53. The number of hydrogen-bond donors (Lipinski definition) is 3. The zero-order valence-electron chi connectivity index (χ0n) is 11.7. The molecule has 0 spiro atoms. The molecule has 0 aliphatic rings. The number of benzene rings is 1. The number of aliphatic carboxylic acids is 2. The molecule has 2 amide bonds. The van der Waals surface area contributed by atoms with Gasteiger partial charge in [0.2, 0.25) is 0 Å². The molecule has 0 aromatic heterocycles. The van der Waals surface area contributed by atoms with Gasteiger partial charge in [0.1, 0.15) is 13.1 Å². The Morgan fingerprint density at radius 2 is 1.67 bits per heavy atom. The number of anilines is 2. The number of rotatable bonds is 6. The van der Waals surface area contributed by atoms with Crippen molar-refractivity contribution in [2.45, 2.75) is 0 Å². The van der Waals surface area contributed by atoms with Gasteiger partial charge in [-0.3, -0.25) is 9.59 Å². The number of nitrogens with zero attached hydrogens (tertiary/aromatic N) is 2. The lowest BCUT2D eigenvalue weighted by Crippen LogP contribution is -2.41. The summed E-state index contributed by atoms with van der Waals surface area (Å²) in [6.07, 6.45) is 0. The maximum Gasteiger partial charge on any atom is 0.323 e. The molecular weight excluding hydrogens is 278 g/mol. The van der Waals surface area contributed by atoms with Crippen LogP contribution in [0.4, 0.5) is 16.2 Å². The molecular formula is C13H17N3O5. The van der Waals surface area contributed by atoms with E-state index in [2.05, 4.69) is 5.32 Å². The van der Waals surface area contributed by atoms with Gasteiger partial charge in [0, 0.05) is 25.5 Å². The molecule has 114 valence electrons. The standard InChI is InChI=1S/C13H17N3O5/c1-15(2)10-5-3-4-9(6-10)14-13(21)16(7-11(17)18)8-12(19)20/h3-6H,7-8H2,1-2H3,(H,14,21)(H,17,18)(H,19,20). The monoisotopic (exact) mass is 295 g/mol. The Morgan fingerprint density at radius 1 is 1.10 bits per heavy atom. The highest BCUT2D eigenvalue weighted by Gasteiger charge is 2.19. The first-order valence-corrected chi connectivity index (χ1v) is 6.06. The number of carboxylic acid groups (broad SMARTS) is 2. The molecule has 1 aromatic carbocycles. The van der Waals surface area contributed by atoms with Crippen molar-refractivity contribution < 1.29 is 24.6 Å². The molecule has 8 nitrogen and oxygen atoms in total. The minimum atomic E-state index is -1.28. The summed E-state index contributed by atoms with van der Waals surface area (Å²) in [6, 6.07) is 6.10. The first kappa shape index (κ1) is 16.3. The van der Waals surface area contributed by atoms with Gasteiger partial charge in [0.05, 0.1) is 0 Å². The summed E-state index contributed by atoms with van der Waals surface area (Å²) in [6.45, 7) is -1.38. The number of carbonyl (C=O) groups is 3. The van der Waals surface area contributed by atoms with Gasteiger partial charge in [0.15, 0.2) is 0 Å². The Morgan fingerprint density at radius 3 is 2.14 bits per heavy atom. The minimum absolute atomic E-state index is 0.451. The third-order valence-electron chi connectivity index (χ3n) is 2.55. The number of urea groups is 1. The average Bonchev–Trinajstić information content (AvgIpc) is 2.37. The minimum Gasteiger partial charge on any atom is -0.480 e. The summed E-state index contributed by atoms with van der Waals surface area (Å²) in [5.41, 5.74) is 1.29. The topological polar surface area (TPSA) is 110 Å². The van der Waals surface area contributed by atoms with E-state index in [0.29, 0.717) is 10.6 Å². The van der Waals surface area contributed by atoms with Crippen LogP contribution in [0.2, 0.25) is 0 Å². The molecule has 0 saturated heterocycles. The number of nitrogens with one attached hydrogen (secondary N) is 1. The fourth-order valence-electron chi connectivity index (χ4n) is 1.59. The van der Waals surface area contributed by atoms with Crippen LogP contribution < -0.4 is 10.2 Å². The summed E-state index contributed by atoms with van der Waals surface area (Å²) in [5.74, 6) is -2.57. The second-order valence-electron chi connectivity index (χ2n) is 4.52. The van der Waals surface area contributed by atoms with Crippen LogP contribution in [0.1, 0.15) is 0 Å². The third kappa shape index (κ3) is 5.39. The summed E-state index contributed by atoms with van der Waals surface area (Å²) in [5, 5.41) is 19.9. The SMILES string of the molecule is CN(C)c1cccc(NC(=O)N(CC(=O)O)CC(=O)O)c1. The number of carbonyl (C=O) groups excluding carboxylic acids is 1. The van der Waals surface area contributed by atoms with Crippen LogP contribution in [0.25, 0.3) is 0 Å². The van der Waals surface area contributed by atoms with Crippen LogP contribution in [0, 0.1) is 0 Å². The molecule has 0 aliphatic carbocycles. The molecule has 0 bridgehead atoms. The smallest absolute Gasteiger partial charge is 0.323 e. The maximum atomic E-state index is 11.9. The lowest BCUT2D eigenvalue weighted by Gasteiger charge is -2.20. The second kappa shape index (κ2) is 7.13. The van der Waals surface area contributed by atoms with Crippen molar-refractivity contribution in [1.29, 1.82) is 0 Å². The van der Waals surface area contributed by atoms with E-state index in [9.17, 15) is 14.4 Å². The van der Waals surface area contributed by atoms with Crippen LogP contribution >= 0.6 is 0 Å². The van der Waals surface area contributed by atoms with Gasteiger partial charge >= 0.3 is 18.0 Å². The Labute approximate surface area is 121 Å². The molecule has 3 N–H and O–H groups in total. The molecule has 0 saturated carbocycles. The lowest BCUT2D eigenvalue weighted by atomic mass is 10.2. The van der Waals surface area contributed by atoms with E-state index in [0.717, 1.165) is 5.69 Å². The van der Waals surface area contributed by atoms with Gasteiger partial charge in [-0.15, -0.1) is 0 Å². The van der Waals surface area contributed by atoms with Crippen molar-refractivity contribution in [2.75, 3.05) is 37.4 Å². The van der Waals surface area contributed by atoms with Crippen LogP contribution in [-0.4, -0.2) is 60.3 Å². The molecule has 0 aliphatic heterocycles. The molecule has 0 radical (unpaired) electrons. The third-order valence-corrected chi connectivity index (χ3v) is 2.55. The van der Waals surface area contributed by atoms with Crippen molar-refractivity contribution in [2.24, 2.45) is 0 Å². The van der Waals surface area contributed by atoms with Crippen molar-refractivity contribution in [3.8, 4) is 0 Å². The van der Waals surface area contributed by atoms with Crippen LogP contribution in [0.3, 0.4) is 0 Å². The molecule has 1 aromatic rings. The fourth-order valence-corrected chi connectivity index (χ4v) is 1.59. The van der Waals surface area contributed by atoms with Gasteiger partial charge < -0.3 is 25.3 Å². The summed E-state index contributed by atoms with van der Waals surface area (Å²) < 4.78 is 0. The zero-order chi connectivity index (χ0) is 16.0. The molecule has 8 heteroatoms. The number of carboxylic acids is 2. The zero-order valence-corrected chi connectivity index (χ0v) is 11.7. The largest absolute Gasteiger partial charge is 0.480 e. The fraction of sp³-hybridized carbons (Fsp3) is 0.308. The quantitative estimate of drug-likeness (QED) is 0.714. The molecule has 0 fully saturated rings. The first-order chi connectivity index (χ1) is 9.79. The van der Waals surface area contributed by atoms with Crippen LogP contribution in [0.5, 0.6) is 0 Å². The predicted molar refractivity (Wildman–Crippen MR) is 76.6 cm³/mol. The number of hydrogen-bond acceptors (Lipinski definition) is 4. The van der Waals surface area contributed by atoms with Crippen LogP contribution in [-0.2, 0) is 9.59 Å². The molecule has 1 rings (SSSR count). The van der Waals surface area contributed by atoms with Crippen molar-refractivity contribution in [1.82, 2.24) is 4.90 Å². The first-order valence-electron chi connectivity index (χ1n) is 6.06. The van der Waals surface area contributed by atoms with Crippen molar-refractivity contribution in [3.05, 3.63) is 24.3 Å². The van der Waals surface area contributed by atoms with Crippen molar-refractivity contribution >= 4 is 29.3 Å². The second-order valence-corrected chi connectivity index (χ2v) is 4.52. The van der Waals surface area contributed by atoms with E-state index in [1.807, 2.05) is 25.1 Å². The Bertz CT molecular complexity index is 528. The van der Waals surface area contributed by atoms with Gasteiger partial charge in [-0.2, -0.15) is 0 Å². The highest BCUT2D eigenvalue weighted by Crippen LogP contribution is 2.17. The predicted octanol–water partition coefficient (Wildman–Crippen LogP) is 0.756. The van der Waals surface area contributed by atoms with Crippen molar-refractivity contribution in [3.63, 3.8) is 0 Å². The summed E-state index contributed by atoms with van der Waals surface area (Å²) in [7, 11) is 3.67. The van der Waals surface area contributed by atoms with E-state index >= 15 is 0 Å². The molecule has 0 unspecified atom stereocenters. The Balaban J connectivity index is 2.82. The van der Waals surface area contributed by atoms with Gasteiger partial charge in [-0.1, -0.05) is 6.07 Å². The number of amides is 2. The highest BCUT2D eigenvalue weighted by molar-refractivity contribution is 5.93. The average molecular weight is 295 g/mol. The Hall–Kier alpha value is -2.77. The molecule has 21 heavy (non-hydrogen) atoms. The summed E-state index contributed by atoms with van der Waals surface area (Å²) >= 11 is 0. The normalized spacial score (nSPS) is 9.81. The van der Waals surface area contributed by atoms with E-state index in [4.69, 9.17) is 10.2 Å². The van der Waals surface area contributed by atoms with Gasteiger partial charge in [0.25, 0.3) is 0 Å².